The third-order valence-corrected chi connectivity index (χ3v) is 0.978. The molecule has 0 aromatic carbocycles. The molecular weight excluding hydrogens is 238 g/mol. The van der Waals surface area contributed by atoms with E-state index in [-0.39, 0.29) is 31.7 Å². The van der Waals surface area contributed by atoms with Crippen LogP contribution in [0.4, 0.5) is 0 Å². The number of rotatable bonds is 4. The quantitative estimate of drug-likeness (QED) is 0.489. The van der Waals surface area contributed by atoms with E-state index in [0.29, 0.717) is 0 Å². The van der Waals surface area contributed by atoms with E-state index in [1.165, 1.54) is 0 Å². The first-order valence-electron chi connectivity index (χ1n) is 5.14. The van der Waals surface area contributed by atoms with Gasteiger partial charge in [-0.2, -0.15) is 0 Å². The highest BCUT2D eigenvalue weighted by Gasteiger charge is 1.76. The lowest BCUT2D eigenvalue weighted by Crippen LogP contribution is -2.18. The van der Waals surface area contributed by atoms with Gasteiger partial charge >= 0.3 is 0 Å². The minimum absolute atomic E-state index is 0. The molecule has 0 spiro atoms. The van der Waals surface area contributed by atoms with Crippen molar-refractivity contribution < 1.29 is 20.1 Å². The van der Waals surface area contributed by atoms with Gasteiger partial charge in [0.2, 0.25) is 0 Å². The highest BCUT2D eigenvalue weighted by molar-refractivity contribution is 5.77. The average Bonchev–Trinajstić information content (AvgIpc) is 2.15. The van der Waals surface area contributed by atoms with Gasteiger partial charge < -0.3 is 38.6 Å². The van der Waals surface area contributed by atoms with E-state index in [9.17, 15) is 9.90 Å². The fraction of sp³-hybridized carbons (Fsp3) is 0.727. The van der Waals surface area contributed by atoms with Crippen molar-refractivity contribution in [2.24, 2.45) is 0 Å². The van der Waals surface area contributed by atoms with Crippen molar-refractivity contribution in [3.05, 3.63) is 12.2 Å². The highest BCUT2D eigenvalue weighted by atomic mass is 16.4. The Labute approximate surface area is 111 Å². The summed E-state index contributed by atoms with van der Waals surface area (Å²) in [5.74, 6) is -1.11. The molecule has 0 saturated carbocycles. The largest absolute Gasteiger partial charge is 0.855 e. The zero-order chi connectivity index (χ0) is 12.5. The van der Waals surface area contributed by atoms with Crippen LogP contribution in [0.15, 0.2) is 12.2 Å². The highest BCUT2D eigenvalue weighted by Crippen LogP contribution is 1.93. The molecule has 0 unspecified atom stereocenters. The Morgan fingerprint density at radius 2 is 1.33 bits per heavy atom. The van der Waals surface area contributed by atoms with E-state index in [1.807, 2.05) is 0 Å². The number of hydrogen-bond acceptors (Lipinski definition) is 4. The number of aliphatic carboxylic acids is 1. The van der Waals surface area contributed by atoms with Crippen molar-refractivity contribution in [1.82, 2.24) is 18.5 Å². The average molecular weight is 271 g/mol. The Morgan fingerprint density at radius 1 is 1.00 bits per heavy atom. The minimum atomic E-state index is -1.11. The molecule has 0 aromatic rings. The van der Waals surface area contributed by atoms with Crippen molar-refractivity contribution in [2.75, 3.05) is 13.2 Å². The fourth-order valence-electron chi connectivity index (χ4n) is 0.502. The van der Waals surface area contributed by atoms with Gasteiger partial charge in [0.05, 0.1) is 5.97 Å². The van der Waals surface area contributed by atoms with E-state index < -0.39 is 5.97 Å². The van der Waals surface area contributed by atoms with Crippen molar-refractivity contribution in [2.45, 2.75) is 40.0 Å². The Hall–Kier alpha value is -0.990. The number of hydrogen-bond donors (Lipinski definition) is 3. The van der Waals surface area contributed by atoms with E-state index in [1.54, 1.807) is 19.9 Å². The van der Waals surface area contributed by atoms with Gasteiger partial charge in [-0.15, -0.1) is 13.2 Å². The van der Waals surface area contributed by atoms with E-state index in [0.717, 1.165) is 25.3 Å². The van der Waals surface area contributed by atoms with Crippen LogP contribution < -0.4 is 33.8 Å². The summed E-state index contributed by atoms with van der Waals surface area (Å²) >= 11 is 0. The third kappa shape index (κ3) is 117. The number of carbonyl (C=O) groups is 1. The number of quaternary nitrogens is 3. The van der Waals surface area contributed by atoms with Crippen LogP contribution >= 0.6 is 0 Å². The molecule has 0 bridgehead atoms. The molecular formula is C11H33N3O4. The number of carboxylic acid groups (broad SMARTS) is 1. The number of allylic oxidation sites excluding steroid dienone is 1. The molecule has 0 aliphatic heterocycles. The molecule has 0 atom stereocenters. The summed E-state index contributed by atoms with van der Waals surface area (Å²) in [6.45, 7) is 5.20. The zero-order valence-electron chi connectivity index (χ0n) is 12.8. The molecule has 18 heavy (non-hydrogen) atoms. The van der Waals surface area contributed by atoms with Gasteiger partial charge in [-0.25, -0.2) is 0 Å². The van der Waals surface area contributed by atoms with Gasteiger partial charge in [0.25, 0.3) is 0 Å². The molecule has 0 aliphatic carbocycles. The molecule has 12 N–H and O–H groups in total. The normalized spacial score (nSPS) is 7.17. The fourth-order valence-corrected chi connectivity index (χ4v) is 0.502. The molecule has 0 amide bonds. The monoisotopic (exact) mass is 271 g/mol. The molecule has 0 fully saturated rings. The summed E-state index contributed by atoms with van der Waals surface area (Å²) in [4.78, 5) is 9.76. The second-order valence-electron chi connectivity index (χ2n) is 2.44. The second kappa shape index (κ2) is 44.4. The molecule has 7 heteroatoms. The van der Waals surface area contributed by atoms with Crippen molar-refractivity contribution >= 4 is 5.97 Å². The van der Waals surface area contributed by atoms with Gasteiger partial charge in [-0.1, -0.05) is 39.7 Å². The Morgan fingerprint density at radius 3 is 1.56 bits per heavy atom. The summed E-state index contributed by atoms with van der Waals surface area (Å²) in [5, 5.41) is 27.6. The zero-order valence-corrected chi connectivity index (χ0v) is 12.8. The predicted molar refractivity (Wildman–Crippen MR) is 72.7 cm³/mol. The van der Waals surface area contributed by atoms with Crippen LogP contribution in [0.1, 0.15) is 40.0 Å². The maximum Gasteiger partial charge on any atom is 0.0639 e. The number of unbranched alkanes of at least 4 members (excludes halogenated alkanes) is 2. The van der Waals surface area contributed by atoms with Crippen LogP contribution in [0, 0.1) is 0 Å². The van der Waals surface area contributed by atoms with Crippen LogP contribution in [0.3, 0.4) is 0 Å². The molecule has 0 aromatic heterocycles. The van der Waals surface area contributed by atoms with Gasteiger partial charge in [0.1, 0.15) is 0 Å². The lowest BCUT2D eigenvalue weighted by atomic mass is 10.2. The first-order valence-corrected chi connectivity index (χ1v) is 5.14. The second-order valence-corrected chi connectivity index (χ2v) is 2.44. The predicted octanol–water partition coefficient (Wildman–Crippen LogP) is 0.345. The Balaban J connectivity index is -0.0000000347. The smallest absolute Gasteiger partial charge is 0.0639 e. The van der Waals surface area contributed by atoms with Gasteiger partial charge in [0.15, 0.2) is 0 Å². The molecule has 0 radical (unpaired) electrons. The maximum atomic E-state index is 9.76. The number of carbonyl (C=O) groups excluding carboxylic acids is 1. The van der Waals surface area contributed by atoms with Crippen molar-refractivity contribution in [1.29, 1.82) is 0 Å². The van der Waals surface area contributed by atoms with Gasteiger partial charge in [-0.05, 0) is 12.5 Å². The van der Waals surface area contributed by atoms with Gasteiger partial charge in [0, 0.05) is 0 Å². The van der Waals surface area contributed by atoms with Gasteiger partial charge in [-0.3, -0.25) is 0 Å². The summed E-state index contributed by atoms with van der Waals surface area (Å²) in [5.41, 5.74) is 0. The summed E-state index contributed by atoms with van der Waals surface area (Å²) in [7, 11) is 0. The SMILES string of the molecule is CCCCC=CC(=O)[O-].CC[O-].CC[O-].[NH4+].[NH4+].[NH4+]. The number of carboxylic acids is 1. The van der Waals surface area contributed by atoms with Crippen LogP contribution in [-0.2, 0) is 4.79 Å². The third-order valence-electron chi connectivity index (χ3n) is 0.978. The summed E-state index contributed by atoms with van der Waals surface area (Å²) in [6.07, 6.45) is 5.68. The first-order chi connectivity index (χ1) is 7.10. The van der Waals surface area contributed by atoms with Crippen LogP contribution in [0.2, 0.25) is 0 Å². The van der Waals surface area contributed by atoms with E-state index in [2.05, 4.69) is 6.92 Å². The van der Waals surface area contributed by atoms with E-state index >= 15 is 0 Å². The molecule has 0 aliphatic rings. The van der Waals surface area contributed by atoms with Crippen molar-refractivity contribution in [3.8, 4) is 0 Å². The first kappa shape index (κ1) is 36.0. The van der Waals surface area contributed by atoms with Crippen LogP contribution in [0.25, 0.3) is 0 Å². The topological polar surface area (TPSA) is 196 Å². The lowest BCUT2D eigenvalue weighted by molar-refractivity contribution is -0.362. The van der Waals surface area contributed by atoms with E-state index in [4.69, 9.17) is 10.2 Å². The Bertz CT molecular complexity index is 142. The maximum absolute atomic E-state index is 9.76. The Kier molecular flexibility index (Phi) is 88.8. The summed E-state index contributed by atoms with van der Waals surface area (Å²) < 4.78 is 0. The van der Waals surface area contributed by atoms with Crippen LogP contribution in [0.5, 0.6) is 0 Å². The lowest BCUT2D eigenvalue weighted by Gasteiger charge is -1.90. The molecule has 0 rings (SSSR count). The van der Waals surface area contributed by atoms with Crippen LogP contribution in [-0.4, -0.2) is 19.2 Å². The molecule has 0 saturated heterocycles. The summed E-state index contributed by atoms with van der Waals surface area (Å²) in [6, 6.07) is 0. The molecule has 116 valence electrons. The standard InChI is InChI=1S/C7H12O2.2C2H5O.3H3N/c1-2-3-4-5-6-7(8)9;2*1-2-3;;;/h5-6H,2-4H2,1H3,(H,8,9);2*2H2,1H3;3*1H3/q;2*-1;;;/p+2. The molecule has 0 heterocycles. The minimum Gasteiger partial charge on any atom is -0.855 e. The molecule has 7 nitrogen and oxygen atoms in total. The van der Waals surface area contributed by atoms with Crippen molar-refractivity contribution in [3.63, 3.8) is 0 Å².